The second kappa shape index (κ2) is 8.99. The van der Waals surface area contributed by atoms with Crippen LogP contribution in [0, 0.1) is 0 Å². The van der Waals surface area contributed by atoms with Gasteiger partial charge in [0, 0.05) is 0 Å². The van der Waals surface area contributed by atoms with Crippen molar-refractivity contribution in [3.8, 4) is 0 Å². The quantitative estimate of drug-likeness (QED) is 0.360. The highest BCUT2D eigenvalue weighted by molar-refractivity contribution is 5.88. The lowest BCUT2D eigenvalue weighted by Crippen LogP contribution is -2.03. The molecule has 0 atom stereocenters. The first-order valence-corrected chi connectivity index (χ1v) is 11.3. The monoisotopic (exact) mass is 448 g/mol. The number of hydrogen-bond donors (Lipinski definition) is 2. The fraction of sp³-hybridized carbons (Fsp3) is 0.133. The Bertz CT molecular complexity index is 1230. The first-order valence-electron chi connectivity index (χ1n) is 11.3. The van der Waals surface area contributed by atoms with Gasteiger partial charge in [0.2, 0.25) is 0 Å². The molecule has 4 nitrogen and oxygen atoms in total. The number of benzene rings is 4. The zero-order valence-corrected chi connectivity index (χ0v) is 18.6. The Morgan fingerprint density at radius 3 is 0.971 bits per heavy atom. The van der Waals surface area contributed by atoms with Crippen molar-refractivity contribution < 1.29 is 19.8 Å². The van der Waals surface area contributed by atoms with E-state index in [-0.39, 0.29) is 0 Å². The Hall–Kier alpha value is -4.18. The molecule has 0 amide bonds. The van der Waals surface area contributed by atoms with Crippen molar-refractivity contribution in [3.63, 3.8) is 0 Å². The summed E-state index contributed by atoms with van der Waals surface area (Å²) in [4.78, 5) is 23.6. The number of aromatic carboxylic acids is 2. The molecule has 0 fully saturated rings. The van der Waals surface area contributed by atoms with E-state index < -0.39 is 11.9 Å². The lowest BCUT2D eigenvalue weighted by atomic mass is 9.92. The molecular weight excluding hydrogens is 424 g/mol. The number of carboxylic acids is 2. The van der Waals surface area contributed by atoms with Crippen molar-refractivity contribution in [1.82, 2.24) is 0 Å². The van der Waals surface area contributed by atoms with Crippen LogP contribution in [0.2, 0.25) is 0 Å². The van der Waals surface area contributed by atoms with Gasteiger partial charge in [-0.05, 0) is 94.5 Å². The molecule has 0 aromatic heterocycles. The van der Waals surface area contributed by atoms with E-state index in [0.29, 0.717) is 36.8 Å². The van der Waals surface area contributed by atoms with Gasteiger partial charge >= 0.3 is 11.9 Å². The van der Waals surface area contributed by atoms with Gasteiger partial charge in [-0.3, -0.25) is 0 Å². The average molecular weight is 449 g/mol. The molecule has 0 saturated carbocycles. The summed E-state index contributed by atoms with van der Waals surface area (Å²) >= 11 is 0. The van der Waals surface area contributed by atoms with Gasteiger partial charge in [0.25, 0.3) is 0 Å². The minimum absolute atomic E-state index is 0.303. The van der Waals surface area contributed by atoms with Gasteiger partial charge in [0.05, 0.1) is 11.1 Å². The molecule has 34 heavy (non-hydrogen) atoms. The van der Waals surface area contributed by atoms with E-state index in [9.17, 15) is 19.8 Å². The van der Waals surface area contributed by atoms with E-state index in [4.69, 9.17) is 0 Å². The topological polar surface area (TPSA) is 74.6 Å². The van der Waals surface area contributed by atoms with E-state index in [0.717, 1.165) is 44.5 Å². The summed E-state index contributed by atoms with van der Waals surface area (Å²) in [5.41, 5.74) is 8.83. The number of fused-ring (bicyclic) bond motifs is 8. The Morgan fingerprint density at radius 1 is 0.441 bits per heavy atom. The van der Waals surface area contributed by atoms with Crippen LogP contribution in [0.4, 0.5) is 0 Å². The zero-order chi connectivity index (χ0) is 23.7. The maximum absolute atomic E-state index is 11.8. The van der Waals surface area contributed by atoms with E-state index in [1.165, 1.54) is 0 Å². The zero-order valence-electron chi connectivity index (χ0n) is 18.6. The molecule has 0 radical (unpaired) electrons. The van der Waals surface area contributed by atoms with E-state index >= 15 is 0 Å². The number of hydrogen-bond acceptors (Lipinski definition) is 2. The maximum Gasteiger partial charge on any atom is 0.335 e. The molecule has 2 N–H and O–H groups in total. The molecule has 0 heterocycles. The Balaban J connectivity index is 1.65. The molecule has 5 rings (SSSR count). The number of carbonyl (C=O) groups is 2. The van der Waals surface area contributed by atoms with Crippen molar-refractivity contribution >= 4 is 11.9 Å². The molecular formula is C30H24O4. The smallest absolute Gasteiger partial charge is 0.335 e. The van der Waals surface area contributed by atoms with Crippen molar-refractivity contribution in [1.29, 1.82) is 0 Å². The van der Waals surface area contributed by atoms with Gasteiger partial charge in [-0.1, -0.05) is 60.7 Å². The first kappa shape index (κ1) is 21.7. The highest BCUT2D eigenvalue weighted by Crippen LogP contribution is 2.23. The molecule has 0 saturated heterocycles. The Morgan fingerprint density at radius 2 is 0.706 bits per heavy atom. The minimum atomic E-state index is -0.923. The predicted molar refractivity (Wildman–Crippen MR) is 131 cm³/mol. The summed E-state index contributed by atoms with van der Waals surface area (Å²) in [5.74, 6) is -1.85. The molecule has 4 aromatic carbocycles. The molecule has 4 heteroatoms. The van der Waals surface area contributed by atoms with E-state index in [1.807, 2.05) is 36.4 Å². The van der Waals surface area contributed by atoms with Crippen molar-refractivity contribution in [2.45, 2.75) is 25.7 Å². The highest BCUT2D eigenvalue weighted by atomic mass is 16.4. The van der Waals surface area contributed by atoms with Gasteiger partial charge in [-0.15, -0.1) is 0 Å². The molecule has 8 bridgehead atoms. The summed E-state index contributed by atoms with van der Waals surface area (Å²) in [6.45, 7) is 0. The molecule has 0 spiro atoms. The predicted octanol–water partition coefficient (Wildman–Crippen LogP) is 5.76. The summed E-state index contributed by atoms with van der Waals surface area (Å²) in [5, 5.41) is 19.3. The summed E-state index contributed by atoms with van der Waals surface area (Å²) in [7, 11) is 0. The third-order valence-corrected chi connectivity index (χ3v) is 6.21. The van der Waals surface area contributed by atoms with Crippen molar-refractivity contribution in [3.05, 3.63) is 141 Å². The Labute approximate surface area is 198 Å². The highest BCUT2D eigenvalue weighted by Gasteiger charge is 2.12. The van der Waals surface area contributed by atoms with Gasteiger partial charge < -0.3 is 10.2 Å². The lowest BCUT2D eigenvalue weighted by Gasteiger charge is -2.13. The molecule has 4 aromatic rings. The average Bonchev–Trinajstić information content (AvgIpc) is 2.78. The van der Waals surface area contributed by atoms with Gasteiger partial charge in [0.15, 0.2) is 0 Å². The number of carboxylic acid groups (broad SMARTS) is 2. The SMILES string of the molecule is O=C(O)c1cc2cc(c1)Cc1cccc(c1)Cc1cc(cc(C(=O)O)c1)Cc1cccc(c1)C2. The first-order chi connectivity index (χ1) is 16.4. The molecule has 1 aliphatic carbocycles. The fourth-order valence-corrected chi connectivity index (χ4v) is 4.82. The molecule has 0 unspecified atom stereocenters. The minimum Gasteiger partial charge on any atom is -0.478 e. The van der Waals surface area contributed by atoms with Crippen LogP contribution in [0.15, 0.2) is 84.9 Å². The van der Waals surface area contributed by atoms with Crippen LogP contribution >= 0.6 is 0 Å². The largest absolute Gasteiger partial charge is 0.478 e. The second-order valence-corrected chi connectivity index (χ2v) is 9.03. The third kappa shape index (κ3) is 4.91. The number of rotatable bonds is 2. The molecule has 168 valence electrons. The van der Waals surface area contributed by atoms with Gasteiger partial charge in [-0.2, -0.15) is 0 Å². The van der Waals surface area contributed by atoms with E-state index in [2.05, 4.69) is 24.3 Å². The summed E-state index contributed by atoms with van der Waals surface area (Å²) in [6.07, 6.45) is 2.51. The lowest BCUT2D eigenvalue weighted by molar-refractivity contribution is 0.0686. The maximum atomic E-state index is 11.8. The fourth-order valence-electron chi connectivity index (χ4n) is 4.82. The van der Waals surface area contributed by atoms with Crippen LogP contribution in [-0.4, -0.2) is 22.2 Å². The summed E-state index contributed by atoms with van der Waals surface area (Å²) in [6, 6.07) is 27.6. The molecule has 1 aliphatic rings. The molecule has 0 aliphatic heterocycles. The Kier molecular flexibility index (Phi) is 5.72. The van der Waals surface area contributed by atoms with Crippen molar-refractivity contribution in [2.75, 3.05) is 0 Å². The normalized spacial score (nSPS) is 12.7. The van der Waals surface area contributed by atoms with Crippen molar-refractivity contribution in [2.24, 2.45) is 0 Å². The van der Waals surface area contributed by atoms with Crippen LogP contribution in [0.5, 0.6) is 0 Å². The van der Waals surface area contributed by atoms with Crippen LogP contribution in [0.1, 0.15) is 65.2 Å². The standard InChI is InChI=1S/C30H24O4/c31-29(32)27-15-23-9-19-3-1-4-20(7-19)10-24-14-26(18-28(16-24)30(33)34)12-22-6-2-5-21(8-22)11-25(13-23)17-27/h1-8,13-18H,9-12H2,(H,31,32)(H,33,34). The van der Waals surface area contributed by atoms with Crippen LogP contribution in [0.3, 0.4) is 0 Å². The summed E-state index contributed by atoms with van der Waals surface area (Å²) < 4.78 is 0. The van der Waals surface area contributed by atoms with Gasteiger partial charge in [-0.25, -0.2) is 9.59 Å². The van der Waals surface area contributed by atoms with Crippen LogP contribution < -0.4 is 0 Å². The van der Waals surface area contributed by atoms with E-state index in [1.54, 1.807) is 24.3 Å². The van der Waals surface area contributed by atoms with Crippen LogP contribution in [-0.2, 0) is 25.7 Å². The van der Waals surface area contributed by atoms with Crippen LogP contribution in [0.25, 0.3) is 0 Å². The second-order valence-electron chi connectivity index (χ2n) is 9.03. The third-order valence-electron chi connectivity index (χ3n) is 6.21. The van der Waals surface area contributed by atoms with Gasteiger partial charge in [0.1, 0.15) is 0 Å².